The molecule has 5 rings (SSSR count). The minimum atomic E-state index is -0.638. The van der Waals surface area contributed by atoms with Crippen LogP contribution in [0, 0.1) is 28.6 Å². The van der Waals surface area contributed by atoms with Crippen LogP contribution in [0.3, 0.4) is 0 Å². The van der Waals surface area contributed by atoms with Crippen molar-refractivity contribution in [2.45, 2.75) is 123 Å². The largest absolute Gasteiger partial charge is 0.494 e. The number of rotatable bonds is 9. The van der Waals surface area contributed by atoms with Crippen LogP contribution < -0.4 is 10.1 Å². The summed E-state index contributed by atoms with van der Waals surface area (Å²) in [4.78, 5) is 12.2. The highest BCUT2D eigenvalue weighted by atomic mass is 16.5. The molecule has 2 N–H and O–H groups in total. The first-order chi connectivity index (χ1) is 18.1. The van der Waals surface area contributed by atoms with E-state index < -0.39 is 5.60 Å². The highest BCUT2D eigenvalue weighted by Gasteiger charge is 2.64. The van der Waals surface area contributed by atoms with Gasteiger partial charge in [-0.1, -0.05) is 51.8 Å². The molecule has 3 saturated carbocycles. The van der Waals surface area contributed by atoms with E-state index in [4.69, 9.17) is 4.74 Å². The van der Waals surface area contributed by atoms with Crippen LogP contribution in [-0.4, -0.2) is 29.1 Å². The minimum absolute atomic E-state index is 0.0716. The second-order valence-corrected chi connectivity index (χ2v) is 13.8. The zero-order chi connectivity index (χ0) is 27.1. The van der Waals surface area contributed by atoms with Gasteiger partial charge < -0.3 is 15.2 Å². The van der Waals surface area contributed by atoms with Gasteiger partial charge in [-0.25, -0.2) is 0 Å². The number of hydrogen-bond donors (Lipinski definition) is 2. The zero-order valence-corrected chi connectivity index (χ0v) is 24.5. The zero-order valence-electron chi connectivity index (χ0n) is 24.5. The van der Waals surface area contributed by atoms with Gasteiger partial charge in [0.15, 0.2) is 5.78 Å². The second kappa shape index (κ2) is 10.7. The summed E-state index contributed by atoms with van der Waals surface area (Å²) in [5.41, 5.74) is 2.18. The predicted molar refractivity (Wildman–Crippen MR) is 154 cm³/mol. The van der Waals surface area contributed by atoms with Crippen LogP contribution in [-0.2, 0) is 4.79 Å². The van der Waals surface area contributed by atoms with Gasteiger partial charge in [-0.05, 0) is 112 Å². The fraction of sp³-hybridized carbons (Fsp3) is 0.735. The first-order valence-corrected chi connectivity index (χ1v) is 15.5. The molecule has 0 aliphatic heterocycles. The summed E-state index contributed by atoms with van der Waals surface area (Å²) in [6, 6.07) is 9.42. The molecule has 1 aromatic rings. The highest BCUT2D eigenvalue weighted by molar-refractivity contribution is 5.91. The first kappa shape index (κ1) is 27.9. The molecule has 5 unspecified atom stereocenters. The molecule has 7 atom stereocenters. The summed E-state index contributed by atoms with van der Waals surface area (Å²) in [5.74, 6) is 3.11. The van der Waals surface area contributed by atoms with E-state index in [9.17, 15) is 9.90 Å². The first-order valence-electron chi connectivity index (χ1n) is 15.5. The average Bonchev–Trinajstić information content (AvgIpc) is 3.14. The number of aliphatic hydroxyl groups is 1. The van der Waals surface area contributed by atoms with Crippen LogP contribution in [0.1, 0.15) is 117 Å². The van der Waals surface area contributed by atoms with Crippen LogP contribution in [0.15, 0.2) is 35.9 Å². The summed E-state index contributed by atoms with van der Waals surface area (Å²) in [6.45, 7) is 11.9. The van der Waals surface area contributed by atoms with Crippen molar-refractivity contribution in [2.75, 3.05) is 6.61 Å². The van der Waals surface area contributed by atoms with Gasteiger partial charge in [0.1, 0.15) is 5.75 Å². The second-order valence-electron chi connectivity index (χ2n) is 13.8. The average molecular weight is 522 g/mol. The number of ketones is 1. The van der Waals surface area contributed by atoms with Crippen LogP contribution in [0.2, 0.25) is 0 Å². The molecule has 3 fully saturated rings. The molecule has 1 aromatic carbocycles. The van der Waals surface area contributed by atoms with Gasteiger partial charge in [0.2, 0.25) is 0 Å². The van der Waals surface area contributed by atoms with Crippen molar-refractivity contribution in [3.63, 3.8) is 0 Å². The highest BCUT2D eigenvalue weighted by Crippen LogP contribution is 2.68. The summed E-state index contributed by atoms with van der Waals surface area (Å²) in [5, 5.41) is 15.5. The molecule has 0 aromatic heterocycles. The molecular weight excluding hydrogens is 470 g/mol. The van der Waals surface area contributed by atoms with E-state index in [0.29, 0.717) is 48.6 Å². The summed E-state index contributed by atoms with van der Waals surface area (Å²) < 4.78 is 6.45. The normalized spacial score (nSPS) is 37.3. The van der Waals surface area contributed by atoms with Crippen LogP contribution in [0.5, 0.6) is 5.75 Å². The lowest BCUT2D eigenvalue weighted by Crippen LogP contribution is -2.55. The molecule has 210 valence electrons. The van der Waals surface area contributed by atoms with Crippen molar-refractivity contribution in [1.82, 2.24) is 5.32 Å². The molecule has 4 nitrogen and oxygen atoms in total. The standard InChI is InChI=1S/C34H51NO3/c1-6-8-31(35-23(2)3)24-9-7-10-27(21-24)38-20-19-34-18-15-29-28(30(34)14-17-33(34,5)37)12-11-25-22-26(36)13-16-32(25,29)4/h7,9-10,21-23,28-31,35,37H,6,8,11-20H2,1-5H3/t28?,29?,30?,31?,32-,33?,34+/m0/s1. The van der Waals surface area contributed by atoms with Crippen molar-refractivity contribution >= 4 is 5.78 Å². The molecule has 0 saturated heterocycles. The number of benzene rings is 1. The van der Waals surface area contributed by atoms with Crippen molar-refractivity contribution in [3.8, 4) is 5.75 Å². The molecule has 0 amide bonds. The molecule has 4 aliphatic rings. The molecule has 0 bridgehead atoms. The van der Waals surface area contributed by atoms with Gasteiger partial charge in [-0.2, -0.15) is 0 Å². The molecule has 4 aliphatic carbocycles. The lowest BCUT2D eigenvalue weighted by atomic mass is 9.45. The third-order valence-corrected chi connectivity index (χ3v) is 11.4. The summed E-state index contributed by atoms with van der Waals surface area (Å²) in [6.07, 6.45) is 13.4. The van der Waals surface area contributed by atoms with E-state index in [2.05, 4.69) is 64.2 Å². The van der Waals surface area contributed by atoms with Gasteiger partial charge in [0, 0.05) is 23.9 Å². The molecule has 38 heavy (non-hydrogen) atoms. The Morgan fingerprint density at radius 3 is 2.63 bits per heavy atom. The van der Waals surface area contributed by atoms with Crippen molar-refractivity contribution in [1.29, 1.82) is 0 Å². The maximum Gasteiger partial charge on any atom is 0.155 e. The SMILES string of the molecule is CCCC(NC(C)C)c1cccc(OCC[C@]23CCC4C(CCC5=CC(=O)CC[C@@]54C)C2CCC3(C)O)c1. The smallest absolute Gasteiger partial charge is 0.155 e. The lowest BCUT2D eigenvalue weighted by Gasteiger charge is -2.59. The Bertz CT molecular complexity index is 1040. The number of nitrogens with one attached hydrogen (secondary N) is 1. The van der Waals surface area contributed by atoms with E-state index >= 15 is 0 Å². The molecule has 0 radical (unpaired) electrons. The molecule has 0 heterocycles. The topological polar surface area (TPSA) is 58.6 Å². The van der Waals surface area contributed by atoms with Gasteiger partial charge >= 0.3 is 0 Å². The fourth-order valence-corrected chi connectivity index (χ4v) is 9.41. The van der Waals surface area contributed by atoms with E-state index in [-0.39, 0.29) is 10.8 Å². The predicted octanol–water partition coefficient (Wildman–Crippen LogP) is 7.56. The summed E-state index contributed by atoms with van der Waals surface area (Å²) in [7, 11) is 0. The Morgan fingerprint density at radius 2 is 1.87 bits per heavy atom. The third-order valence-electron chi connectivity index (χ3n) is 11.4. The Kier molecular flexibility index (Phi) is 7.88. The van der Waals surface area contributed by atoms with E-state index in [1.165, 1.54) is 17.6 Å². The number of carbonyl (C=O) groups is 1. The molecular formula is C34H51NO3. The van der Waals surface area contributed by atoms with Gasteiger partial charge in [-0.15, -0.1) is 0 Å². The van der Waals surface area contributed by atoms with E-state index in [1.54, 1.807) is 0 Å². The summed E-state index contributed by atoms with van der Waals surface area (Å²) >= 11 is 0. The van der Waals surface area contributed by atoms with Crippen molar-refractivity contribution < 1.29 is 14.6 Å². The third kappa shape index (κ3) is 4.89. The van der Waals surface area contributed by atoms with E-state index in [0.717, 1.165) is 63.5 Å². The Labute approximate surface area is 231 Å². The van der Waals surface area contributed by atoms with Crippen LogP contribution >= 0.6 is 0 Å². The molecule has 4 heteroatoms. The number of fused-ring (bicyclic) bond motifs is 5. The maximum atomic E-state index is 12.2. The van der Waals surface area contributed by atoms with Gasteiger partial charge in [0.25, 0.3) is 0 Å². The Morgan fingerprint density at radius 1 is 1.08 bits per heavy atom. The fourth-order valence-electron chi connectivity index (χ4n) is 9.41. The molecule has 0 spiro atoms. The number of hydrogen-bond acceptors (Lipinski definition) is 4. The number of allylic oxidation sites excluding steroid dienone is 1. The lowest BCUT2D eigenvalue weighted by molar-refractivity contribution is -0.137. The van der Waals surface area contributed by atoms with Crippen molar-refractivity contribution in [2.24, 2.45) is 28.6 Å². The monoisotopic (exact) mass is 521 g/mol. The van der Waals surface area contributed by atoms with Crippen molar-refractivity contribution in [3.05, 3.63) is 41.5 Å². The Hall–Kier alpha value is -1.65. The number of ether oxygens (including phenoxy) is 1. The maximum absolute atomic E-state index is 12.2. The minimum Gasteiger partial charge on any atom is -0.494 e. The van der Waals surface area contributed by atoms with E-state index in [1.807, 2.05) is 6.08 Å². The van der Waals surface area contributed by atoms with Gasteiger partial charge in [0.05, 0.1) is 12.2 Å². The van der Waals surface area contributed by atoms with Gasteiger partial charge in [-0.3, -0.25) is 4.79 Å². The number of carbonyl (C=O) groups excluding carboxylic acids is 1. The quantitative estimate of drug-likeness (QED) is 0.352. The van der Waals surface area contributed by atoms with Crippen LogP contribution in [0.25, 0.3) is 0 Å². The van der Waals surface area contributed by atoms with Crippen LogP contribution in [0.4, 0.5) is 0 Å². The Balaban J connectivity index is 1.31.